The Morgan fingerprint density at radius 3 is 2.46 bits per heavy atom. The smallest absolute Gasteiger partial charge is 0.176 e. The number of aromatic nitrogens is 3. The number of rotatable bonds is 3. The maximum atomic E-state index is 12.9. The Kier molecular flexibility index (Phi) is 5.27. The average molecular weight is 489 g/mol. The van der Waals surface area contributed by atoms with Crippen molar-refractivity contribution in [2.45, 2.75) is 46.0 Å². The average Bonchev–Trinajstić information content (AvgIpc) is 3.47. The number of hydrogen-bond acceptors (Lipinski definition) is 5. The molecule has 0 fully saturated rings. The van der Waals surface area contributed by atoms with Crippen LogP contribution < -0.4 is 0 Å². The van der Waals surface area contributed by atoms with Crippen LogP contribution in [0.3, 0.4) is 0 Å². The second-order valence-corrected chi connectivity index (χ2v) is 10.5. The lowest BCUT2D eigenvalue weighted by molar-refractivity contribution is -0.121. The Morgan fingerprint density at radius 2 is 1.81 bits per heavy atom. The van der Waals surface area contributed by atoms with Crippen molar-refractivity contribution in [2.24, 2.45) is 11.8 Å². The molecule has 0 saturated heterocycles. The van der Waals surface area contributed by atoms with E-state index in [9.17, 15) is 10.1 Å². The van der Waals surface area contributed by atoms with Crippen molar-refractivity contribution in [1.82, 2.24) is 14.9 Å². The lowest BCUT2D eigenvalue weighted by atomic mass is 9.57. The van der Waals surface area contributed by atoms with Gasteiger partial charge in [0.25, 0.3) is 0 Å². The van der Waals surface area contributed by atoms with Gasteiger partial charge in [-0.15, -0.1) is 0 Å². The number of ketones is 1. The lowest BCUT2D eigenvalue weighted by Gasteiger charge is -2.45. The molecule has 0 spiro atoms. The van der Waals surface area contributed by atoms with Crippen molar-refractivity contribution < 1.29 is 9.32 Å². The Bertz CT molecular complexity index is 1580. The highest BCUT2D eigenvalue weighted by Crippen LogP contribution is 2.52. The Morgan fingerprint density at radius 1 is 1.08 bits per heavy atom. The quantitative estimate of drug-likeness (QED) is 0.338. The van der Waals surface area contributed by atoms with E-state index >= 15 is 0 Å². The minimum atomic E-state index is -0.494. The zero-order valence-electron chi connectivity index (χ0n) is 21.4. The van der Waals surface area contributed by atoms with Crippen LogP contribution in [0, 0.1) is 37.0 Å². The van der Waals surface area contributed by atoms with Gasteiger partial charge in [-0.3, -0.25) is 4.79 Å². The number of nitriles is 1. The van der Waals surface area contributed by atoms with E-state index in [1.54, 1.807) is 0 Å². The van der Waals surface area contributed by atoms with Crippen molar-refractivity contribution in [2.75, 3.05) is 0 Å². The molecule has 2 aromatic heterocycles. The molecule has 184 valence electrons. The third-order valence-corrected chi connectivity index (χ3v) is 8.30. The third-order valence-electron chi connectivity index (χ3n) is 8.30. The molecule has 0 saturated carbocycles. The second kappa shape index (κ2) is 8.41. The fourth-order valence-corrected chi connectivity index (χ4v) is 6.53. The normalized spacial score (nSPS) is 22.7. The highest BCUT2D eigenvalue weighted by Gasteiger charge is 2.50. The number of carbonyl (C=O) groups excluding carboxylic acids is 1. The number of fused-ring (bicyclic) bond motifs is 3. The van der Waals surface area contributed by atoms with Gasteiger partial charge in [0, 0.05) is 28.0 Å². The van der Waals surface area contributed by atoms with E-state index in [1.807, 2.05) is 49.7 Å². The van der Waals surface area contributed by atoms with Crippen molar-refractivity contribution in [3.63, 3.8) is 0 Å². The molecule has 6 rings (SSSR count). The summed E-state index contributed by atoms with van der Waals surface area (Å²) >= 11 is 0. The molecule has 6 heteroatoms. The Labute approximate surface area is 216 Å². The van der Waals surface area contributed by atoms with Crippen LogP contribution in [0.4, 0.5) is 0 Å². The minimum Gasteiger partial charge on any atom is -0.361 e. The molecule has 2 aliphatic rings. The standard InChI is InChI=1S/C31H28N4O2/c1-18-26-15-14-25-28(22-8-6-5-7-9-22)33-35(30(25)31(26,4)16-23(17-32)29(18)36)24-12-10-21(11-13-24)27-19(2)34-37-20(27)3/h5-13,16,18,26H,14-15H2,1-4H3/t18-,26-,31-/m1/s1. The van der Waals surface area contributed by atoms with Crippen molar-refractivity contribution >= 4 is 5.78 Å². The fourth-order valence-electron chi connectivity index (χ4n) is 6.53. The predicted molar refractivity (Wildman–Crippen MR) is 141 cm³/mol. The van der Waals surface area contributed by atoms with Crippen LogP contribution in [0.5, 0.6) is 0 Å². The number of hydrogen-bond donors (Lipinski definition) is 0. The zero-order chi connectivity index (χ0) is 25.9. The molecule has 0 aliphatic heterocycles. The van der Waals surface area contributed by atoms with Gasteiger partial charge in [0.2, 0.25) is 0 Å². The summed E-state index contributed by atoms with van der Waals surface area (Å²) < 4.78 is 7.41. The summed E-state index contributed by atoms with van der Waals surface area (Å²) in [6.07, 6.45) is 3.62. The number of nitrogens with zero attached hydrogens (tertiary/aromatic N) is 4. The molecular weight excluding hydrogens is 460 g/mol. The van der Waals surface area contributed by atoms with Crippen molar-refractivity contribution in [3.05, 3.63) is 89.0 Å². The van der Waals surface area contributed by atoms with Crippen LogP contribution in [0.25, 0.3) is 28.1 Å². The van der Waals surface area contributed by atoms with Crippen LogP contribution in [-0.2, 0) is 16.6 Å². The molecule has 4 aromatic rings. The van der Waals surface area contributed by atoms with Gasteiger partial charge >= 0.3 is 0 Å². The van der Waals surface area contributed by atoms with Crippen LogP contribution in [0.2, 0.25) is 0 Å². The topological polar surface area (TPSA) is 84.7 Å². The van der Waals surface area contributed by atoms with E-state index in [-0.39, 0.29) is 23.2 Å². The van der Waals surface area contributed by atoms with Crippen molar-refractivity contribution in [1.29, 1.82) is 5.26 Å². The maximum absolute atomic E-state index is 12.9. The first-order chi connectivity index (χ1) is 17.8. The molecule has 3 atom stereocenters. The van der Waals surface area contributed by atoms with Crippen molar-refractivity contribution in [3.8, 4) is 34.1 Å². The number of aryl methyl sites for hydroxylation is 2. The maximum Gasteiger partial charge on any atom is 0.176 e. The molecule has 0 unspecified atom stereocenters. The molecule has 2 aliphatic carbocycles. The SMILES string of the molecule is Cc1noc(C)c1-c1ccc(-n2nc(-c3ccccc3)c3c2[C@]2(C)C=C(C#N)C(=O)[C@H](C)[C@H]2CC3)cc1. The molecular formula is C31H28N4O2. The molecule has 6 nitrogen and oxygen atoms in total. The van der Waals surface area contributed by atoms with Gasteiger partial charge in [-0.1, -0.05) is 67.5 Å². The minimum absolute atomic E-state index is 0.0495. The molecule has 0 radical (unpaired) electrons. The number of benzene rings is 2. The second-order valence-electron chi connectivity index (χ2n) is 10.5. The van der Waals surface area contributed by atoms with E-state index < -0.39 is 5.41 Å². The summed E-state index contributed by atoms with van der Waals surface area (Å²) in [5, 5.41) is 19.1. The highest BCUT2D eigenvalue weighted by atomic mass is 16.5. The fraction of sp³-hybridized carbons (Fsp3) is 0.290. The van der Waals surface area contributed by atoms with Gasteiger partial charge in [0.15, 0.2) is 5.78 Å². The first-order valence-electron chi connectivity index (χ1n) is 12.7. The summed E-state index contributed by atoms with van der Waals surface area (Å²) in [7, 11) is 0. The van der Waals surface area contributed by atoms with E-state index in [0.29, 0.717) is 0 Å². The molecule has 0 amide bonds. The largest absolute Gasteiger partial charge is 0.361 e. The predicted octanol–water partition coefficient (Wildman–Crippen LogP) is 6.30. The summed E-state index contributed by atoms with van der Waals surface area (Å²) in [5.41, 5.74) is 7.89. The molecule has 37 heavy (non-hydrogen) atoms. The van der Waals surface area contributed by atoms with E-state index in [4.69, 9.17) is 9.62 Å². The first kappa shape index (κ1) is 23.2. The van der Waals surface area contributed by atoms with Gasteiger partial charge in [0.1, 0.15) is 11.8 Å². The highest BCUT2D eigenvalue weighted by molar-refractivity contribution is 6.02. The van der Waals surface area contributed by atoms with Gasteiger partial charge < -0.3 is 4.52 Å². The molecule has 0 bridgehead atoms. The number of allylic oxidation sites excluding steroid dienone is 2. The van der Waals surface area contributed by atoms with Crippen LogP contribution in [0.1, 0.15) is 43.0 Å². The summed E-state index contributed by atoms with van der Waals surface area (Å²) in [5.74, 6) is 0.624. The summed E-state index contributed by atoms with van der Waals surface area (Å²) in [6.45, 7) is 8.01. The van der Waals surface area contributed by atoms with Gasteiger partial charge in [-0.05, 0) is 50.3 Å². The van der Waals surface area contributed by atoms with Gasteiger partial charge in [-0.25, -0.2) is 4.68 Å². The Hall–Kier alpha value is -4.24. The first-order valence-corrected chi connectivity index (χ1v) is 12.7. The van der Waals surface area contributed by atoms with Crippen LogP contribution in [-0.4, -0.2) is 20.7 Å². The van der Waals surface area contributed by atoms with Gasteiger partial charge in [-0.2, -0.15) is 10.4 Å². The summed E-state index contributed by atoms with van der Waals surface area (Å²) in [6, 6.07) is 20.7. The zero-order valence-corrected chi connectivity index (χ0v) is 21.4. The van der Waals surface area contributed by atoms with E-state index in [2.05, 4.69) is 54.5 Å². The van der Waals surface area contributed by atoms with E-state index in [1.165, 1.54) is 5.56 Å². The lowest BCUT2D eigenvalue weighted by Crippen LogP contribution is -2.46. The van der Waals surface area contributed by atoms with Crippen LogP contribution in [0.15, 0.2) is 70.8 Å². The molecule has 2 aromatic carbocycles. The third kappa shape index (κ3) is 3.41. The monoisotopic (exact) mass is 488 g/mol. The Balaban J connectivity index is 1.58. The number of carbonyl (C=O) groups is 1. The molecule has 2 heterocycles. The summed E-state index contributed by atoms with van der Waals surface area (Å²) in [4.78, 5) is 12.9. The van der Waals surface area contributed by atoms with Crippen LogP contribution >= 0.6 is 0 Å². The van der Waals surface area contributed by atoms with Gasteiger partial charge in [0.05, 0.1) is 28.3 Å². The molecule has 0 N–H and O–H groups in total. The number of Topliss-reactive ketones (excluding diaryl/α,β-unsaturated/α-hetero) is 1. The van der Waals surface area contributed by atoms with E-state index in [0.717, 1.165) is 58.1 Å².